The Bertz CT molecular complexity index is 68.5. The first kappa shape index (κ1) is 16.0. The fourth-order valence-electron chi connectivity index (χ4n) is 0.393. The maximum atomic E-state index is 2.12. The molecule has 0 aromatic rings. The number of rotatable bonds is 0. The van der Waals surface area contributed by atoms with Crippen LogP contribution in [0.3, 0.4) is 0 Å². The molecular formula is C5H6Cl2Hf-2. The van der Waals surface area contributed by atoms with Gasteiger partial charge in [-0.3, -0.25) is 0 Å². The summed E-state index contributed by atoms with van der Waals surface area (Å²) in [6.45, 7) is 0. The Labute approximate surface area is 81.0 Å². The van der Waals surface area contributed by atoms with Crippen LogP contribution in [0.15, 0.2) is 24.3 Å². The van der Waals surface area contributed by atoms with Crippen LogP contribution in [0, 0.1) is 0 Å². The van der Waals surface area contributed by atoms with E-state index in [0.717, 1.165) is 6.42 Å². The fraction of sp³-hybridized carbons (Fsp3) is 0.200. The Balaban J connectivity index is -0.0000000833. The van der Waals surface area contributed by atoms with E-state index in [4.69, 9.17) is 0 Å². The van der Waals surface area contributed by atoms with Gasteiger partial charge in [0.2, 0.25) is 0 Å². The van der Waals surface area contributed by atoms with Crippen LogP contribution >= 0.6 is 0 Å². The standard InChI is InChI=1S/C5H6.2ClH.Hf/c1-2-4-5-3-1;;;/h1-4H,5H2;2*1H;/p-2. The Hall–Kier alpha value is 0.930. The molecule has 0 radical (unpaired) electrons. The molecule has 0 saturated carbocycles. The van der Waals surface area contributed by atoms with E-state index in [9.17, 15) is 0 Å². The topological polar surface area (TPSA) is 0 Å². The summed E-state index contributed by atoms with van der Waals surface area (Å²) in [4.78, 5) is 0. The van der Waals surface area contributed by atoms with Crippen molar-refractivity contribution in [1.82, 2.24) is 0 Å². The molecule has 3 heteroatoms. The molecule has 1 aliphatic carbocycles. The van der Waals surface area contributed by atoms with E-state index in [2.05, 4.69) is 24.3 Å². The molecule has 0 saturated heterocycles. The van der Waals surface area contributed by atoms with E-state index in [1.807, 2.05) is 0 Å². The van der Waals surface area contributed by atoms with Gasteiger partial charge in [0.05, 0.1) is 0 Å². The monoisotopic (exact) mass is 316 g/mol. The first-order valence-electron chi connectivity index (χ1n) is 1.82. The minimum Gasteiger partial charge on any atom is -1.00 e. The molecule has 0 heterocycles. The van der Waals surface area contributed by atoms with Crippen molar-refractivity contribution in [3.05, 3.63) is 24.3 Å². The summed E-state index contributed by atoms with van der Waals surface area (Å²) < 4.78 is 0. The van der Waals surface area contributed by atoms with Gasteiger partial charge in [-0.25, -0.2) is 0 Å². The largest absolute Gasteiger partial charge is 1.00 e. The van der Waals surface area contributed by atoms with Crippen molar-refractivity contribution in [3.8, 4) is 0 Å². The van der Waals surface area contributed by atoms with Crippen LogP contribution in [0.5, 0.6) is 0 Å². The summed E-state index contributed by atoms with van der Waals surface area (Å²) in [7, 11) is 0. The third-order valence-corrected chi connectivity index (χ3v) is 0.655. The molecule has 0 aliphatic heterocycles. The van der Waals surface area contributed by atoms with Gasteiger partial charge < -0.3 is 24.8 Å². The van der Waals surface area contributed by atoms with Crippen molar-refractivity contribution < 1.29 is 50.7 Å². The van der Waals surface area contributed by atoms with E-state index < -0.39 is 0 Å². The summed E-state index contributed by atoms with van der Waals surface area (Å²) in [6, 6.07) is 0. The van der Waals surface area contributed by atoms with Crippen LogP contribution in [0.4, 0.5) is 0 Å². The molecule has 0 fully saturated rings. The zero-order valence-electron chi connectivity index (χ0n) is 4.27. The Kier molecular flexibility index (Phi) is 21.6. The first-order chi connectivity index (χ1) is 2.50. The molecule has 0 nitrogen and oxygen atoms in total. The maximum absolute atomic E-state index is 2.12. The van der Waals surface area contributed by atoms with Gasteiger partial charge in [0.15, 0.2) is 0 Å². The molecule has 0 amide bonds. The van der Waals surface area contributed by atoms with Gasteiger partial charge in [-0.15, -0.1) is 0 Å². The van der Waals surface area contributed by atoms with Gasteiger partial charge in [0.1, 0.15) is 0 Å². The van der Waals surface area contributed by atoms with Crippen LogP contribution in [-0.2, 0) is 25.8 Å². The first-order valence-corrected chi connectivity index (χ1v) is 1.82. The number of allylic oxidation sites excluding steroid dienone is 4. The average Bonchev–Trinajstić information content (AvgIpc) is 1.76. The summed E-state index contributed by atoms with van der Waals surface area (Å²) >= 11 is 0. The van der Waals surface area contributed by atoms with Gasteiger partial charge in [-0.05, 0) is 6.42 Å². The molecule has 0 spiro atoms. The SMILES string of the molecule is C1=CCC=C1.[Cl-].[Cl-].[Hf]. The molecule has 1 aliphatic rings. The molecular weight excluding hydrogens is 309 g/mol. The van der Waals surface area contributed by atoms with Crippen LogP contribution in [-0.4, -0.2) is 0 Å². The van der Waals surface area contributed by atoms with E-state index in [0.29, 0.717) is 0 Å². The van der Waals surface area contributed by atoms with Crippen molar-refractivity contribution in [1.29, 1.82) is 0 Å². The van der Waals surface area contributed by atoms with Crippen LogP contribution < -0.4 is 24.8 Å². The molecule has 0 aromatic heterocycles. The van der Waals surface area contributed by atoms with Crippen LogP contribution in [0.2, 0.25) is 0 Å². The van der Waals surface area contributed by atoms with E-state index in [1.165, 1.54) is 0 Å². The molecule has 8 heavy (non-hydrogen) atoms. The molecule has 0 aromatic carbocycles. The minimum atomic E-state index is 0. The van der Waals surface area contributed by atoms with Gasteiger partial charge in [0.25, 0.3) is 0 Å². The quantitative estimate of drug-likeness (QED) is 0.396. The van der Waals surface area contributed by atoms with E-state index >= 15 is 0 Å². The number of hydrogen-bond acceptors (Lipinski definition) is 0. The predicted octanol–water partition coefficient (Wildman–Crippen LogP) is -4.49. The van der Waals surface area contributed by atoms with Crippen molar-refractivity contribution in [3.63, 3.8) is 0 Å². The Morgan fingerprint density at radius 1 is 0.875 bits per heavy atom. The molecule has 0 N–H and O–H groups in total. The van der Waals surface area contributed by atoms with E-state index in [1.54, 1.807) is 0 Å². The van der Waals surface area contributed by atoms with Gasteiger partial charge in [-0.1, -0.05) is 24.3 Å². The number of hydrogen-bond donors (Lipinski definition) is 0. The molecule has 1 rings (SSSR count). The maximum Gasteiger partial charge on any atom is 0 e. The van der Waals surface area contributed by atoms with Gasteiger partial charge in [0, 0.05) is 25.8 Å². The molecule has 0 unspecified atom stereocenters. The van der Waals surface area contributed by atoms with Crippen molar-refractivity contribution >= 4 is 0 Å². The summed E-state index contributed by atoms with van der Waals surface area (Å²) in [5.74, 6) is 0. The molecule has 0 bridgehead atoms. The van der Waals surface area contributed by atoms with Gasteiger partial charge >= 0.3 is 0 Å². The zero-order valence-corrected chi connectivity index (χ0v) is 9.38. The van der Waals surface area contributed by atoms with Crippen molar-refractivity contribution in [2.75, 3.05) is 0 Å². The third-order valence-electron chi connectivity index (χ3n) is 0.655. The zero-order chi connectivity index (χ0) is 3.54. The van der Waals surface area contributed by atoms with Crippen molar-refractivity contribution in [2.24, 2.45) is 0 Å². The minimum absolute atomic E-state index is 0. The average molecular weight is 315 g/mol. The second-order valence-corrected chi connectivity index (χ2v) is 1.09. The van der Waals surface area contributed by atoms with Gasteiger partial charge in [-0.2, -0.15) is 0 Å². The van der Waals surface area contributed by atoms with Crippen LogP contribution in [0.1, 0.15) is 6.42 Å². The summed E-state index contributed by atoms with van der Waals surface area (Å²) in [5.41, 5.74) is 0. The Morgan fingerprint density at radius 3 is 1.38 bits per heavy atom. The Morgan fingerprint density at radius 2 is 1.25 bits per heavy atom. The summed E-state index contributed by atoms with van der Waals surface area (Å²) in [5, 5.41) is 0. The molecule has 0 atom stereocenters. The fourth-order valence-corrected chi connectivity index (χ4v) is 0.393. The summed E-state index contributed by atoms with van der Waals surface area (Å²) in [6.07, 6.45) is 9.50. The molecule has 46 valence electrons. The smallest absolute Gasteiger partial charge is 0 e. The van der Waals surface area contributed by atoms with Crippen molar-refractivity contribution in [2.45, 2.75) is 6.42 Å². The van der Waals surface area contributed by atoms with Crippen LogP contribution in [0.25, 0.3) is 0 Å². The number of halogens is 2. The van der Waals surface area contributed by atoms with E-state index in [-0.39, 0.29) is 50.7 Å². The second kappa shape index (κ2) is 10.8. The normalized spacial score (nSPS) is 11.0. The predicted molar refractivity (Wildman–Crippen MR) is 22.9 cm³/mol. The third kappa shape index (κ3) is 6.93. The second-order valence-electron chi connectivity index (χ2n) is 1.09.